The maximum atomic E-state index is 11.7. The Morgan fingerprint density at radius 1 is 1.30 bits per heavy atom. The van der Waals surface area contributed by atoms with E-state index in [1.807, 2.05) is 43.2 Å². The molecule has 1 aliphatic heterocycles. The van der Waals surface area contributed by atoms with Gasteiger partial charge in [0.2, 0.25) is 0 Å². The van der Waals surface area contributed by atoms with Gasteiger partial charge in [-0.25, -0.2) is 9.59 Å². The molecule has 2 rings (SSSR count). The Bertz CT molecular complexity index is 610. The summed E-state index contributed by atoms with van der Waals surface area (Å²) < 4.78 is 4.69. The molecule has 1 atom stereocenters. The van der Waals surface area contributed by atoms with Crippen molar-refractivity contribution in [3.8, 4) is 0 Å². The second-order valence-corrected chi connectivity index (χ2v) is 4.36. The molecular weight excluding hydrogens is 254 g/mol. The van der Waals surface area contributed by atoms with E-state index in [-0.39, 0.29) is 17.3 Å². The van der Waals surface area contributed by atoms with Crippen molar-refractivity contribution in [3.05, 3.63) is 65.5 Å². The molecule has 1 aromatic rings. The third-order valence-corrected chi connectivity index (χ3v) is 3.22. The third kappa shape index (κ3) is 2.56. The zero-order chi connectivity index (χ0) is 14.5. The van der Waals surface area contributed by atoms with Crippen LogP contribution in [0.4, 0.5) is 0 Å². The number of hydrogen-bond acceptors (Lipinski definition) is 4. The SMILES string of the molecule is COC(=O)C1=CC=CN(C(C)c2ccccc2)C1=C=O. The van der Waals surface area contributed by atoms with Gasteiger partial charge in [0, 0.05) is 6.20 Å². The number of ether oxygens (including phenoxy) is 1. The molecular formula is C16H15NO3. The summed E-state index contributed by atoms with van der Waals surface area (Å²) >= 11 is 0. The van der Waals surface area contributed by atoms with Crippen molar-refractivity contribution in [3.63, 3.8) is 0 Å². The lowest BCUT2D eigenvalue weighted by Gasteiger charge is -2.30. The molecule has 1 aromatic carbocycles. The van der Waals surface area contributed by atoms with E-state index >= 15 is 0 Å². The molecule has 1 aliphatic rings. The smallest absolute Gasteiger partial charge is 0.340 e. The van der Waals surface area contributed by atoms with Gasteiger partial charge >= 0.3 is 5.97 Å². The molecule has 1 unspecified atom stereocenters. The number of carbonyl (C=O) groups is 1. The molecule has 0 saturated heterocycles. The minimum absolute atomic E-state index is 0.0859. The first-order valence-electron chi connectivity index (χ1n) is 6.24. The standard InChI is InChI=1S/C16H15NO3/c1-12(13-7-4-3-5-8-13)17-10-6-9-14(15(17)11-18)16(19)20-2/h3-10,12H,1-2H3. The molecule has 0 bridgehead atoms. The molecule has 4 nitrogen and oxygen atoms in total. The number of hydrogen-bond donors (Lipinski definition) is 0. The highest BCUT2D eigenvalue weighted by Gasteiger charge is 2.26. The predicted octanol–water partition coefficient (Wildman–Crippen LogP) is 2.39. The van der Waals surface area contributed by atoms with Crippen molar-refractivity contribution < 1.29 is 14.3 Å². The average Bonchev–Trinajstić information content (AvgIpc) is 2.53. The van der Waals surface area contributed by atoms with Crippen LogP contribution in [0.15, 0.2) is 60.0 Å². The van der Waals surface area contributed by atoms with Crippen LogP contribution in [0, 0.1) is 0 Å². The number of nitrogens with zero attached hydrogens (tertiary/aromatic N) is 1. The number of allylic oxidation sites excluding steroid dienone is 2. The van der Waals surface area contributed by atoms with Gasteiger partial charge in [-0.3, -0.25) is 0 Å². The molecule has 0 spiro atoms. The van der Waals surface area contributed by atoms with E-state index in [0.717, 1.165) is 5.56 Å². The van der Waals surface area contributed by atoms with E-state index in [0.29, 0.717) is 0 Å². The van der Waals surface area contributed by atoms with E-state index in [2.05, 4.69) is 4.74 Å². The van der Waals surface area contributed by atoms with Gasteiger partial charge in [-0.2, -0.15) is 0 Å². The van der Waals surface area contributed by atoms with Crippen LogP contribution >= 0.6 is 0 Å². The maximum Gasteiger partial charge on any atom is 0.340 e. The van der Waals surface area contributed by atoms with Crippen LogP contribution in [0.3, 0.4) is 0 Å². The zero-order valence-electron chi connectivity index (χ0n) is 11.4. The second kappa shape index (κ2) is 6.04. The van der Waals surface area contributed by atoms with E-state index in [1.54, 1.807) is 23.3 Å². The summed E-state index contributed by atoms with van der Waals surface area (Å²) in [5.41, 5.74) is 1.44. The Morgan fingerprint density at radius 2 is 2.00 bits per heavy atom. The number of benzene rings is 1. The fourth-order valence-electron chi connectivity index (χ4n) is 2.12. The van der Waals surface area contributed by atoms with Crippen molar-refractivity contribution >= 4 is 11.9 Å². The Labute approximate surface area is 117 Å². The van der Waals surface area contributed by atoms with E-state index in [4.69, 9.17) is 0 Å². The number of methoxy groups -OCH3 is 1. The monoisotopic (exact) mass is 269 g/mol. The van der Waals surface area contributed by atoms with Gasteiger partial charge in [-0.05, 0) is 24.6 Å². The van der Waals surface area contributed by atoms with Crippen LogP contribution in [-0.2, 0) is 14.3 Å². The molecule has 4 heteroatoms. The van der Waals surface area contributed by atoms with E-state index in [9.17, 15) is 9.59 Å². The summed E-state index contributed by atoms with van der Waals surface area (Å²) in [6.07, 6.45) is 5.02. The third-order valence-electron chi connectivity index (χ3n) is 3.22. The molecule has 0 aliphatic carbocycles. The summed E-state index contributed by atoms with van der Waals surface area (Å²) in [5.74, 6) is 1.30. The normalized spacial score (nSPS) is 15.4. The minimum Gasteiger partial charge on any atom is -0.465 e. The first kappa shape index (κ1) is 13.8. The van der Waals surface area contributed by atoms with Gasteiger partial charge in [-0.1, -0.05) is 30.3 Å². The molecule has 1 heterocycles. The van der Waals surface area contributed by atoms with Crippen LogP contribution in [0.25, 0.3) is 0 Å². The summed E-state index contributed by atoms with van der Waals surface area (Å²) in [6.45, 7) is 1.96. The summed E-state index contributed by atoms with van der Waals surface area (Å²) in [6, 6.07) is 9.64. The fraction of sp³-hybridized carbons (Fsp3) is 0.188. The van der Waals surface area contributed by atoms with Gasteiger partial charge in [0.25, 0.3) is 0 Å². The van der Waals surface area contributed by atoms with Crippen molar-refractivity contribution in [1.82, 2.24) is 4.90 Å². The largest absolute Gasteiger partial charge is 0.465 e. The molecule has 20 heavy (non-hydrogen) atoms. The number of rotatable bonds is 3. The van der Waals surface area contributed by atoms with Crippen molar-refractivity contribution in [2.24, 2.45) is 0 Å². The van der Waals surface area contributed by atoms with E-state index < -0.39 is 5.97 Å². The summed E-state index contributed by atoms with van der Waals surface area (Å²) in [5, 5.41) is 0. The highest BCUT2D eigenvalue weighted by Crippen LogP contribution is 2.29. The lowest BCUT2D eigenvalue weighted by molar-refractivity contribution is -0.136. The number of carbonyl (C=O) groups excluding carboxylic acids is 2. The van der Waals surface area contributed by atoms with Crippen LogP contribution in [-0.4, -0.2) is 23.9 Å². The summed E-state index contributed by atoms with van der Waals surface area (Å²) in [4.78, 5) is 24.7. The van der Waals surface area contributed by atoms with Gasteiger partial charge in [0.15, 0.2) is 5.94 Å². The van der Waals surface area contributed by atoms with Crippen LogP contribution in [0.5, 0.6) is 0 Å². The molecule has 0 aromatic heterocycles. The lowest BCUT2D eigenvalue weighted by atomic mass is 10.0. The number of esters is 1. The lowest BCUT2D eigenvalue weighted by Crippen LogP contribution is -2.27. The highest BCUT2D eigenvalue weighted by atomic mass is 16.5. The quantitative estimate of drug-likeness (QED) is 0.624. The fourth-order valence-corrected chi connectivity index (χ4v) is 2.12. The topological polar surface area (TPSA) is 46.6 Å². The highest BCUT2D eigenvalue weighted by molar-refractivity contribution is 5.96. The predicted molar refractivity (Wildman–Crippen MR) is 75.1 cm³/mol. The molecule has 0 N–H and O–H groups in total. The second-order valence-electron chi connectivity index (χ2n) is 4.36. The minimum atomic E-state index is -0.544. The van der Waals surface area contributed by atoms with Crippen molar-refractivity contribution in [2.45, 2.75) is 13.0 Å². The zero-order valence-corrected chi connectivity index (χ0v) is 11.4. The Morgan fingerprint density at radius 3 is 2.60 bits per heavy atom. The van der Waals surface area contributed by atoms with Crippen LogP contribution in [0.1, 0.15) is 18.5 Å². The molecule has 0 radical (unpaired) electrons. The van der Waals surface area contributed by atoms with Gasteiger partial charge < -0.3 is 9.64 Å². The van der Waals surface area contributed by atoms with Gasteiger partial charge in [-0.15, -0.1) is 0 Å². The maximum absolute atomic E-state index is 11.7. The van der Waals surface area contributed by atoms with Crippen LogP contribution in [0.2, 0.25) is 0 Å². The molecule has 102 valence electrons. The first-order chi connectivity index (χ1) is 9.69. The Balaban J connectivity index is 2.35. The van der Waals surface area contributed by atoms with Gasteiger partial charge in [0.05, 0.1) is 18.7 Å². The first-order valence-corrected chi connectivity index (χ1v) is 6.24. The van der Waals surface area contributed by atoms with Gasteiger partial charge in [0.1, 0.15) is 5.70 Å². The molecule has 0 amide bonds. The van der Waals surface area contributed by atoms with E-state index in [1.165, 1.54) is 7.11 Å². The Hall–Kier alpha value is -2.58. The van der Waals surface area contributed by atoms with Crippen LogP contribution < -0.4 is 0 Å². The molecule has 0 fully saturated rings. The molecule has 0 saturated carbocycles. The van der Waals surface area contributed by atoms with Crippen molar-refractivity contribution in [2.75, 3.05) is 7.11 Å². The van der Waals surface area contributed by atoms with Crippen molar-refractivity contribution in [1.29, 1.82) is 0 Å². The Kier molecular flexibility index (Phi) is 4.18. The summed E-state index contributed by atoms with van der Waals surface area (Å²) in [7, 11) is 1.29. The average molecular weight is 269 g/mol.